The number of hydrogen-bond acceptors (Lipinski definition) is 1. The van der Waals surface area contributed by atoms with Crippen molar-refractivity contribution in [2.24, 2.45) is 0 Å². The third kappa shape index (κ3) is 1.94. The van der Waals surface area contributed by atoms with Gasteiger partial charge in [0.25, 0.3) is 0 Å². The molecule has 0 bridgehead atoms. The van der Waals surface area contributed by atoms with Crippen LogP contribution in [0.3, 0.4) is 0 Å². The van der Waals surface area contributed by atoms with Gasteiger partial charge in [0.05, 0.1) is 12.2 Å². The van der Waals surface area contributed by atoms with Crippen LogP contribution >= 0.6 is 15.9 Å². The molecule has 2 unspecified atom stereocenters. The van der Waals surface area contributed by atoms with E-state index in [-0.39, 0.29) is 0 Å². The summed E-state index contributed by atoms with van der Waals surface area (Å²) in [5, 5.41) is 1.00. The van der Waals surface area contributed by atoms with Gasteiger partial charge >= 0.3 is 0 Å². The highest BCUT2D eigenvalue weighted by Gasteiger charge is 2.22. The number of hydrogen-bond donors (Lipinski definition) is 0. The van der Waals surface area contributed by atoms with Gasteiger partial charge in [0.15, 0.2) is 0 Å². The SMILES string of the molecule is CCC1CCC(CBr)O1. The second-order valence-corrected chi connectivity index (χ2v) is 3.17. The average Bonchev–Trinajstić information content (AvgIpc) is 2.34. The predicted molar refractivity (Wildman–Crippen MR) is 42.0 cm³/mol. The van der Waals surface area contributed by atoms with E-state index in [1.807, 2.05) is 0 Å². The lowest BCUT2D eigenvalue weighted by molar-refractivity contribution is 0.0571. The van der Waals surface area contributed by atoms with Crippen molar-refractivity contribution in [1.82, 2.24) is 0 Å². The van der Waals surface area contributed by atoms with Crippen LogP contribution in [0, 0.1) is 0 Å². The minimum Gasteiger partial charge on any atom is -0.374 e. The van der Waals surface area contributed by atoms with E-state index in [1.54, 1.807) is 0 Å². The Labute approximate surface area is 64.9 Å². The number of ether oxygens (including phenoxy) is 1. The molecule has 0 radical (unpaired) electrons. The Hall–Kier alpha value is 0.440. The normalized spacial score (nSPS) is 35.3. The number of rotatable bonds is 2. The summed E-state index contributed by atoms with van der Waals surface area (Å²) >= 11 is 3.41. The molecule has 0 N–H and O–H groups in total. The topological polar surface area (TPSA) is 9.23 Å². The second-order valence-electron chi connectivity index (χ2n) is 2.52. The van der Waals surface area contributed by atoms with Crippen LogP contribution in [0.2, 0.25) is 0 Å². The standard InChI is InChI=1S/C7H13BrO/c1-2-6-3-4-7(5-8)9-6/h6-7H,2-5H2,1H3. The van der Waals surface area contributed by atoms with Crippen molar-refractivity contribution in [3.8, 4) is 0 Å². The quantitative estimate of drug-likeness (QED) is 0.611. The fourth-order valence-electron chi connectivity index (χ4n) is 1.19. The average molecular weight is 193 g/mol. The van der Waals surface area contributed by atoms with Crippen molar-refractivity contribution in [1.29, 1.82) is 0 Å². The Bertz CT molecular complexity index is 75.0. The molecule has 2 heteroatoms. The highest BCUT2D eigenvalue weighted by molar-refractivity contribution is 9.09. The molecule has 1 aliphatic rings. The first-order valence-electron chi connectivity index (χ1n) is 3.58. The molecular formula is C7H13BrO. The molecule has 0 aliphatic carbocycles. The molecule has 1 heterocycles. The third-order valence-corrected chi connectivity index (χ3v) is 2.55. The fourth-order valence-corrected chi connectivity index (χ4v) is 1.67. The highest BCUT2D eigenvalue weighted by Crippen LogP contribution is 2.22. The number of halogens is 1. The van der Waals surface area contributed by atoms with Crippen LogP contribution in [-0.4, -0.2) is 17.5 Å². The smallest absolute Gasteiger partial charge is 0.0676 e. The predicted octanol–water partition coefficient (Wildman–Crippen LogP) is 2.34. The molecule has 0 aromatic rings. The molecule has 0 aromatic carbocycles. The largest absolute Gasteiger partial charge is 0.374 e. The van der Waals surface area contributed by atoms with Gasteiger partial charge in [-0.25, -0.2) is 0 Å². The molecule has 0 saturated carbocycles. The van der Waals surface area contributed by atoms with E-state index in [2.05, 4.69) is 22.9 Å². The molecule has 1 rings (SSSR count). The molecule has 9 heavy (non-hydrogen) atoms. The molecule has 1 fully saturated rings. The van der Waals surface area contributed by atoms with Crippen LogP contribution in [0.5, 0.6) is 0 Å². The molecular weight excluding hydrogens is 180 g/mol. The molecule has 1 saturated heterocycles. The van der Waals surface area contributed by atoms with Gasteiger partial charge in [0.2, 0.25) is 0 Å². The zero-order chi connectivity index (χ0) is 6.69. The maximum absolute atomic E-state index is 5.61. The van der Waals surface area contributed by atoms with Crippen molar-refractivity contribution in [3.05, 3.63) is 0 Å². The van der Waals surface area contributed by atoms with Crippen molar-refractivity contribution in [2.45, 2.75) is 38.4 Å². The van der Waals surface area contributed by atoms with E-state index < -0.39 is 0 Å². The van der Waals surface area contributed by atoms with E-state index in [1.165, 1.54) is 19.3 Å². The minimum absolute atomic E-state index is 0.495. The van der Waals surface area contributed by atoms with Gasteiger partial charge in [0.1, 0.15) is 0 Å². The summed E-state index contributed by atoms with van der Waals surface area (Å²) < 4.78 is 5.61. The molecule has 2 atom stereocenters. The van der Waals surface area contributed by atoms with Gasteiger partial charge in [-0.05, 0) is 19.3 Å². The van der Waals surface area contributed by atoms with E-state index in [0.29, 0.717) is 12.2 Å². The van der Waals surface area contributed by atoms with E-state index in [9.17, 15) is 0 Å². The van der Waals surface area contributed by atoms with Gasteiger partial charge in [0, 0.05) is 5.33 Å². The maximum Gasteiger partial charge on any atom is 0.0676 e. The monoisotopic (exact) mass is 192 g/mol. The van der Waals surface area contributed by atoms with Gasteiger partial charge in [-0.2, -0.15) is 0 Å². The van der Waals surface area contributed by atoms with Crippen molar-refractivity contribution >= 4 is 15.9 Å². The van der Waals surface area contributed by atoms with Gasteiger partial charge < -0.3 is 4.74 Å². The second kappa shape index (κ2) is 3.57. The molecule has 0 amide bonds. The maximum atomic E-state index is 5.61. The van der Waals surface area contributed by atoms with Crippen molar-refractivity contribution in [3.63, 3.8) is 0 Å². The van der Waals surface area contributed by atoms with Crippen LogP contribution < -0.4 is 0 Å². The zero-order valence-electron chi connectivity index (χ0n) is 5.77. The van der Waals surface area contributed by atoms with Crippen LogP contribution in [0.1, 0.15) is 26.2 Å². The van der Waals surface area contributed by atoms with Gasteiger partial charge in [-0.1, -0.05) is 22.9 Å². The van der Waals surface area contributed by atoms with E-state index >= 15 is 0 Å². The lowest BCUT2D eigenvalue weighted by atomic mass is 10.2. The lowest BCUT2D eigenvalue weighted by Crippen LogP contribution is -2.10. The summed E-state index contributed by atoms with van der Waals surface area (Å²) in [6.45, 7) is 2.18. The molecule has 0 aromatic heterocycles. The Kier molecular flexibility index (Phi) is 2.99. The first kappa shape index (κ1) is 7.55. The van der Waals surface area contributed by atoms with Gasteiger partial charge in [-0.15, -0.1) is 0 Å². The van der Waals surface area contributed by atoms with Crippen molar-refractivity contribution < 1.29 is 4.74 Å². The summed E-state index contributed by atoms with van der Waals surface area (Å²) in [4.78, 5) is 0. The van der Waals surface area contributed by atoms with E-state index in [4.69, 9.17) is 4.74 Å². The Balaban J connectivity index is 2.20. The lowest BCUT2D eigenvalue weighted by Gasteiger charge is -2.07. The van der Waals surface area contributed by atoms with Crippen molar-refractivity contribution in [2.75, 3.05) is 5.33 Å². The fraction of sp³-hybridized carbons (Fsp3) is 1.00. The highest BCUT2D eigenvalue weighted by atomic mass is 79.9. The number of alkyl halides is 1. The molecule has 1 nitrogen and oxygen atoms in total. The first-order chi connectivity index (χ1) is 4.36. The summed E-state index contributed by atoms with van der Waals surface area (Å²) in [7, 11) is 0. The third-order valence-electron chi connectivity index (χ3n) is 1.82. The van der Waals surface area contributed by atoms with Crippen LogP contribution in [0.15, 0.2) is 0 Å². The zero-order valence-corrected chi connectivity index (χ0v) is 7.36. The van der Waals surface area contributed by atoms with Crippen LogP contribution in [0.25, 0.3) is 0 Å². The van der Waals surface area contributed by atoms with Crippen LogP contribution in [0.4, 0.5) is 0 Å². The summed E-state index contributed by atoms with van der Waals surface area (Å²) in [6, 6.07) is 0. The Morgan fingerprint density at radius 1 is 1.44 bits per heavy atom. The van der Waals surface area contributed by atoms with Gasteiger partial charge in [-0.3, -0.25) is 0 Å². The molecule has 0 spiro atoms. The minimum atomic E-state index is 0.495. The summed E-state index contributed by atoms with van der Waals surface area (Å²) in [5.41, 5.74) is 0. The molecule has 1 aliphatic heterocycles. The molecule has 54 valence electrons. The summed E-state index contributed by atoms with van der Waals surface area (Å²) in [5.74, 6) is 0. The van der Waals surface area contributed by atoms with E-state index in [0.717, 1.165) is 5.33 Å². The Morgan fingerprint density at radius 2 is 2.11 bits per heavy atom. The first-order valence-corrected chi connectivity index (χ1v) is 4.70. The van der Waals surface area contributed by atoms with Crippen LogP contribution in [-0.2, 0) is 4.74 Å². The summed E-state index contributed by atoms with van der Waals surface area (Å²) in [6.07, 6.45) is 4.71. The Morgan fingerprint density at radius 3 is 2.44 bits per heavy atom.